The van der Waals surface area contributed by atoms with Crippen molar-refractivity contribution in [2.45, 2.75) is 10.3 Å². The van der Waals surface area contributed by atoms with Crippen LogP contribution in [0.1, 0.15) is 20.9 Å². The van der Waals surface area contributed by atoms with Gasteiger partial charge in [-0.3, -0.25) is 14.4 Å². The lowest BCUT2D eigenvalue weighted by Gasteiger charge is -2.36. The Morgan fingerprint density at radius 1 is 0.857 bits per heavy atom. The minimum absolute atomic E-state index is 0.0455. The van der Waals surface area contributed by atoms with E-state index in [4.69, 9.17) is 16.0 Å². The average Bonchev–Trinajstić information content (AvgIpc) is 3.42. The molecule has 11 heteroatoms. The highest BCUT2D eigenvalue weighted by Crippen LogP contribution is 2.20. The van der Waals surface area contributed by atoms with E-state index in [9.17, 15) is 22.8 Å². The van der Waals surface area contributed by atoms with Crippen LogP contribution in [0.15, 0.2) is 82.3 Å². The zero-order chi connectivity index (χ0) is 25.0. The monoisotopic (exact) mass is 515 g/mol. The second-order valence-corrected chi connectivity index (χ2v) is 10.2. The van der Waals surface area contributed by atoms with E-state index in [-0.39, 0.29) is 53.3 Å². The first-order chi connectivity index (χ1) is 16.8. The van der Waals surface area contributed by atoms with Crippen LogP contribution in [-0.4, -0.2) is 67.5 Å². The lowest BCUT2D eigenvalue weighted by molar-refractivity contribution is -0.132. The molecule has 9 nitrogen and oxygen atoms in total. The molecule has 2 heterocycles. The van der Waals surface area contributed by atoms with Crippen molar-refractivity contribution < 1.29 is 27.2 Å². The van der Waals surface area contributed by atoms with Gasteiger partial charge in [0.25, 0.3) is 17.7 Å². The average molecular weight is 516 g/mol. The number of rotatable bonds is 6. The van der Waals surface area contributed by atoms with E-state index < -0.39 is 27.0 Å². The summed E-state index contributed by atoms with van der Waals surface area (Å²) in [6, 6.07) is 16.7. The van der Waals surface area contributed by atoms with Crippen molar-refractivity contribution in [3.63, 3.8) is 0 Å². The third kappa shape index (κ3) is 5.23. The van der Waals surface area contributed by atoms with Gasteiger partial charge in [0.1, 0.15) is 0 Å². The van der Waals surface area contributed by atoms with E-state index in [1.54, 1.807) is 30.3 Å². The van der Waals surface area contributed by atoms with Gasteiger partial charge < -0.3 is 19.5 Å². The third-order valence-electron chi connectivity index (χ3n) is 5.60. The molecule has 1 aliphatic heterocycles. The molecule has 1 aromatic heterocycles. The summed E-state index contributed by atoms with van der Waals surface area (Å²) >= 11 is 6.10. The number of nitrogens with one attached hydrogen (secondary N) is 1. The summed E-state index contributed by atoms with van der Waals surface area (Å²) in [5.74, 6) is -1.72. The Bertz CT molecular complexity index is 1320. The minimum Gasteiger partial charge on any atom is -0.459 e. The molecule has 0 radical (unpaired) electrons. The van der Waals surface area contributed by atoms with Crippen LogP contribution in [0, 0.1) is 0 Å². The molecule has 1 atom stereocenters. The maximum Gasteiger partial charge on any atom is 0.289 e. The number of furan rings is 1. The lowest BCUT2D eigenvalue weighted by atomic mass is 10.2. The van der Waals surface area contributed by atoms with Crippen molar-refractivity contribution >= 4 is 39.2 Å². The number of nitrogens with zero attached hydrogens (tertiary/aromatic N) is 2. The maximum atomic E-state index is 13.5. The first-order valence-electron chi connectivity index (χ1n) is 10.7. The van der Waals surface area contributed by atoms with Gasteiger partial charge >= 0.3 is 0 Å². The fourth-order valence-electron chi connectivity index (χ4n) is 3.71. The largest absolute Gasteiger partial charge is 0.459 e. The molecule has 0 unspecified atom stereocenters. The van der Waals surface area contributed by atoms with Crippen LogP contribution in [0.4, 0.5) is 0 Å². The van der Waals surface area contributed by atoms with Crippen LogP contribution in [-0.2, 0) is 14.6 Å². The quantitative estimate of drug-likeness (QED) is 0.539. The maximum absolute atomic E-state index is 13.5. The molecule has 3 aromatic rings. The summed E-state index contributed by atoms with van der Waals surface area (Å²) in [7, 11) is -4.29. The molecular formula is C24H22ClN3O6S. The Morgan fingerprint density at radius 3 is 2.11 bits per heavy atom. The van der Waals surface area contributed by atoms with Crippen molar-refractivity contribution in [2.75, 3.05) is 26.2 Å². The summed E-state index contributed by atoms with van der Waals surface area (Å²) in [6.07, 6.45) is 1.40. The fourth-order valence-corrected chi connectivity index (χ4v) is 5.42. The molecule has 1 N–H and O–H groups in total. The van der Waals surface area contributed by atoms with Crippen molar-refractivity contribution in [1.29, 1.82) is 0 Å². The normalized spacial score (nSPS) is 14.9. The van der Waals surface area contributed by atoms with Crippen LogP contribution in [0.2, 0.25) is 5.02 Å². The number of sulfone groups is 1. The highest BCUT2D eigenvalue weighted by Gasteiger charge is 2.40. The molecular weight excluding hydrogens is 494 g/mol. The van der Waals surface area contributed by atoms with Crippen molar-refractivity contribution in [2.24, 2.45) is 0 Å². The number of amides is 3. The second kappa shape index (κ2) is 10.3. The number of hydrogen-bond acceptors (Lipinski definition) is 6. The summed E-state index contributed by atoms with van der Waals surface area (Å²) in [6.45, 7) is 0.547. The molecule has 0 aliphatic carbocycles. The second-order valence-electron chi connectivity index (χ2n) is 7.79. The summed E-state index contributed by atoms with van der Waals surface area (Å²) in [4.78, 5) is 41.6. The topological polar surface area (TPSA) is 117 Å². The van der Waals surface area contributed by atoms with Gasteiger partial charge in [0.05, 0.1) is 21.7 Å². The molecule has 182 valence electrons. The lowest BCUT2D eigenvalue weighted by Crippen LogP contribution is -2.57. The van der Waals surface area contributed by atoms with E-state index in [1.807, 2.05) is 0 Å². The van der Waals surface area contributed by atoms with Crippen LogP contribution < -0.4 is 5.32 Å². The number of benzene rings is 2. The number of hydrogen-bond donors (Lipinski definition) is 1. The van der Waals surface area contributed by atoms with Gasteiger partial charge in [-0.2, -0.15) is 0 Å². The van der Waals surface area contributed by atoms with Crippen molar-refractivity contribution in [3.05, 3.63) is 89.3 Å². The molecule has 0 spiro atoms. The number of carbonyl (C=O) groups is 3. The Kier molecular flexibility index (Phi) is 7.23. The molecule has 0 bridgehead atoms. The van der Waals surface area contributed by atoms with Gasteiger partial charge in [0, 0.05) is 26.2 Å². The zero-order valence-electron chi connectivity index (χ0n) is 18.5. The van der Waals surface area contributed by atoms with Crippen LogP contribution >= 0.6 is 11.6 Å². The summed E-state index contributed by atoms with van der Waals surface area (Å²) in [5.41, 5.74) is 0.0455. The molecule has 1 fully saturated rings. The van der Waals surface area contributed by atoms with E-state index in [0.717, 1.165) is 0 Å². The molecule has 3 amide bonds. The summed E-state index contributed by atoms with van der Waals surface area (Å²) < 4.78 is 32.0. The number of halogens is 1. The van der Waals surface area contributed by atoms with Crippen LogP contribution in [0.3, 0.4) is 0 Å². The Balaban J connectivity index is 1.56. The molecule has 1 saturated heterocycles. The highest BCUT2D eigenvalue weighted by molar-refractivity contribution is 7.92. The third-order valence-corrected chi connectivity index (χ3v) is 7.80. The van der Waals surface area contributed by atoms with Gasteiger partial charge in [0.2, 0.25) is 15.2 Å². The highest BCUT2D eigenvalue weighted by atomic mass is 35.5. The van der Waals surface area contributed by atoms with Gasteiger partial charge in [-0.25, -0.2) is 8.42 Å². The van der Waals surface area contributed by atoms with Crippen molar-refractivity contribution in [3.8, 4) is 0 Å². The molecule has 0 saturated carbocycles. The molecule has 35 heavy (non-hydrogen) atoms. The van der Waals surface area contributed by atoms with Gasteiger partial charge in [0.15, 0.2) is 5.76 Å². The Hall–Kier alpha value is -3.63. The SMILES string of the molecule is O=C(N[C@@H](C(=O)N1CCN(C(=O)c2ccco2)CC1)S(=O)(=O)c1ccccc1)c1ccccc1Cl. The molecule has 2 aromatic carbocycles. The minimum atomic E-state index is -4.29. The van der Waals surface area contributed by atoms with E-state index in [2.05, 4.69) is 5.32 Å². The van der Waals surface area contributed by atoms with Crippen molar-refractivity contribution in [1.82, 2.24) is 15.1 Å². The van der Waals surface area contributed by atoms with Gasteiger partial charge in [-0.15, -0.1) is 0 Å². The predicted molar refractivity (Wildman–Crippen MR) is 128 cm³/mol. The van der Waals surface area contributed by atoms with E-state index in [0.29, 0.717) is 0 Å². The first-order valence-corrected chi connectivity index (χ1v) is 12.7. The van der Waals surface area contributed by atoms with Crippen LogP contribution in [0.5, 0.6) is 0 Å². The van der Waals surface area contributed by atoms with Crippen LogP contribution in [0.25, 0.3) is 0 Å². The standard InChI is InChI=1S/C24H22ClN3O6S/c25-19-10-5-4-9-18(19)21(29)26-22(35(32,33)17-7-2-1-3-8-17)24(31)28-14-12-27(13-15-28)23(30)20-11-6-16-34-20/h1-11,16,22H,12-15H2,(H,26,29)/t22-/m1/s1. The smallest absolute Gasteiger partial charge is 0.289 e. The van der Waals surface area contributed by atoms with Gasteiger partial charge in [-0.05, 0) is 36.4 Å². The first kappa shape index (κ1) is 24.5. The predicted octanol–water partition coefficient (Wildman–Crippen LogP) is 2.45. The van der Waals surface area contributed by atoms with Gasteiger partial charge in [-0.1, -0.05) is 41.9 Å². The fraction of sp³-hybridized carbons (Fsp3) is 0.208. The van der Waals surface area contributed by atoms with E-state index in [1.165, 1.54) is 52.5 Å². The summed E-state index contributed by atoms with van der Waals surface area (Å²) in [5, 5.41) is 0.618. The Morgan fingerprint density at radius 2 is 1.49 bits per heavy atom. The molecule has 4 rings (SSSR count). The number of carbonyl (C=O) groups excluding carboxylic acids is 3. The number of piperazine rings is 1. The Labute approximate surface area is 207 Å². The zero-order valence-corrected chi connectivity index (χ0v) is 20.0. The molecule has 1 aliphatic rings. The van der Waals surface area contributed by atoms with E-state index >= 15 is 0 Å².